The summed E-state index contributed by atoms with van der Waals surface area (Å²) in [7, 11) is 0. The molecular formula is C12H16O2. The lowest BCUT2D eigenvalue weighted by Crippen LogP contribution is -2.07. The maximum absolute atomic E-state index is 10.8. The molecule has 0 saturated heterocycles. The van der Waals surface area contributed by atoms with Crippen molar-refractivity contribution in [3.63, 3.8) is 0 Å². The van der Waals surface area contributed by atoms with Crippen LogP contribution in [0.2, 0.25) is 0 Å². The van der Waals surface area contributed by atoms with Crippen LogP contribution in [0, 0.1) is 13.8 Å². The molecule has 1 aromatic carbocycles. The third-order valence-electron chi connectivity index (χ3n) is 2.12. The van der Waals surface area contributed by atoms with Crippen LogP contribution in [-0.2, 0) is 0 Å². The summed E-state index contributed by atoms with van der Waals surface area (Å²) < 4.78 is 5.54. The molecule has 0 aliphatic heterocycles. The van der Waals surface area contributed by atoms with Gasteiger partial charge in [-0.05, 0) is 51.0 Å². The molecule has 2 heteroatoms. The maximum Gasteiger partial charge on any atom is 0.153 e. The van der Waals surface area contributed by atoms with Crippen LogP contribution in [0.3, 0.4) is 0 Å². The molecule has 14 heavy (non-hydrogen) atoms. The van der Waals surface area contributed by atoms with Crippen LogP contribution in [0.5, 0.6) is 5.75 Å². The molecule has 0 fully saturated rings. The third kappa shape index (κ3) is 2.34. The second-order valence-corrected chi connectivity index (χ2v) is 3.76. The van der Waals surface area contributed by atoms with Crippen molar-refractivity contribution >= 4 is 6.29 Å². The van der Waals surface area contributed by atoms with Gasteiger partial charge < -0.3 is 4.74 Å². The lowest BCUT2D eigenvalue weighted by Gasteiger charge is -2.13. The molecule has 76 valence electrons. The van der Waals surface area contributed by atoms with E-state index in [2.05, 4.69) is 0 Å². The van der Waals surface area contributed by atoms with E-state index < -0.39 is 0 Å². The number of carbonyl (C=O) groups is 1. The lowest BCUT2D eigenvalue weighted by molar-refractivity contribution is 0.111. The van der Waals surface area contributed by atoms with Crippen LogP contribution in [0.1, 0.15) is 35.3 Å². The van der Waals surface area contributed by atoms with E-state index in [-0.39, 0.29) is 6.10 Å². The van der Waals surface area contributed by atoms with Gasteiger partial charge in [0, 0.05) is 0 Å². The quantitative estimate of drug-likeness (QED) is 0.688. The second-order valence-electron chi connectivity index (χ2n) is 3.76. The number of ether oxygens (including phenoxy) is 1. The van der Waals surface area contributed by atoms with Gasteiger partial charge in [0.15, 0.2) is 6.29 Å². The Kier molecular flexibility index (Phi) is 3.28. The Morgan fingerprint density at radius 1 is 1.21 bits per heavy atom. The van der Waals surface area contributed by atoms with Gasteiger partial charge in [0.25, 0.3) is 0 Å². The van der Waals surface area contributed by atoms with Crippen LogP contribution in [-0.4, -0.2) is 12.4 Å². The van der Waals surface area contributed by atoms with Crippen molar-refractivity contribution in [1.82, 2.24) is 0 Å². The van der Waals surface area contributed by atoms with Crippen molar-refractivity contribution < 1.29 is 9.53 Å². The van der Waals surface area contributed by atoms with E-state index in [1.807, 2.05) is 39.8 Å². The van der Waals surface area contributed by atoms with Crippen LogP contribution in [0.25, 0.3) is 0 Å². The normalized spacial score (nSPS) is 10.4. The number of hydrogen-bond donors (Lipinski definition) is 0. The Labute approximate surface area is 84.9 Å². The highest BCUT2D eigenvalue weighted by atomic mass is 16.5. The Morgan fingerprint density at radius 3 is 2.29 bits per heavy atom. The molecule has 0 N–H and O–H groups in total. The molecule has 0 bridgehead atoms. The highest BCUT2D eigenvalue weighted by Crippen LogP contribution is 2.22. The van der Waals surface area contributed by atoms with Crippen molar-refractivity contribution in [3.05, 3.63) is 28.8 Å². The monoisotopic (exact) mass is 192 g/mol. The van der Waals surface area contributed by atoms with Gasteiger partial charge in [0.1, 0.15) is 5.75 Å². The average Bonchev–Trinajstić information content (AvgIpc) is 2.10. The molecule has 0 amide bonds. The van der Waals surface area contributed by atoms with Gasteiger partial charge in [-0.2, -0.15) is 0 Å². The minimum Gasteiger partial charge on any atom is -0.490 e. The van der Waals surface area contributed by atoms with E-state index in [1.165, 1.54) is 0 Å². The molecule has 0 heterocycles. The largest absolute Gasteiger partial charge is 0.490 e. The fourth-order valence-electron chi connectivity index (χ4n) is 1.26. The van der Waals surface area contributed by atoms with Crippen molar-refractivity contribution in [3.8, 4) is 5.75 Å². The molecule has 0 saturated carbocycles. The summed E-state index contributed by atoms with van der Waals surface area (Å²) in [5, 5.41) is 0. The predicted octanol–water partition coefficient (Wildman–Crippen LogP) is 2.90. The van der Waals surface area contributed by atoms with Gasteiger partial charge in [-0.3, -0.25) is 4.79 Å². The zero-order chi connectivity index (χ0) is 10.7. The molecular weight excluding hydrogens is 176 g/mol. The Bertz CT molecular complexity index is 340. The smallest absolute Gasteiger partial charge is 0.153 e. The highest BCUT2D eigenvalue weighted by Gasteiger charge is 2.07. The summed E-state index contributed by atoms with van der Waals surface area (Å²) in [5.41, 5.74) is 2.89. The number of aryl methyl sites for hydroxylation is 2. The Hall–Kier alpha value is -1.31. The van der Waals surface area contributed by atoms with Crippen LogP contribution in [0.15, 0.2) is 12.1 Å². The molecule has 0 aromatic heterocycles. The summed E-state index contributed by atoms with van der Waals surface area (Å²) in [4.78, 5) is 10.8. The van der Waals surface area contributed by atoms with E-state index >= 15 is 0 Å². The third-order valence-corrected chi connectivity index (χ3v) is 2.12. The van der Waals surface area contributed by atoms with Crippen molar-refractivity contribution in [2.75, 3.05) is 0 Å². The minimum absolute atomic E-state index is 0.0933. The van der Waals surface area contributed by atoms with Crippen molar-refractivity contribution in [1.29, 1.82) is 0 Å². The molecule has 0 unspecified atom stereocenters. The SMILES string of the molecule is Cc1cc(C=O)c(OC(C)C)cc1C. The molecule has 0 aliphatic carbocycles. The van der Waals surface area contributed by atoms with Gasteiger partial charge in [0.05, 0.1) is 11.7 Å². The summed E-state index contributed by atoms with van der Waals surface area (Å²) in [6.45, 7) is 7.89. The van der Waals surface area contributed by atoms with Gasteiger partial charge in [0.2, 0.25) is 0 Å². The van der Waals surface area contributed by atoms with Crippen LogP contribution in [0.4, 0.5) is 0 Å². The summed E-state index contributed by atoms with van der Waals surface area (Å²) in [6.07, 6.45) is 0.931. The van der Waals surface area contributed by atoms with Crippen molar-refractivity contribution in [2.45, 2.75) is 33.8 Å². The number of hydrogen-bond acceptors (Lipinski definition) is 2. The average molecular weight is 192 g/mol. The Balaban J connectivity index is 3.13. The first-order chi connectivity index (χ1) is 6.54. The summed E-state index contributed by atoms with van der Waals surface area (Å²) in [6, 6.07) is 3.78. The lowest BCUT2D eigenvalue weighted by atomic mass is 10.1. The molecule has 0 aliphatic rings. The minimum atomic E-state index is 0.0933. The number of carbonyl (C=O) groups excluding carboxylic acids is 1. The highest BCUT2D eigenvalue weighted by molar-refractivity contribution is 5.80. The number of aldehydes is 1. The fourth-order valence-corrected chi connectivity index (χ4v) is 1.26. The topological polar surface area (TPSA) is 26.3 Å². The van der Waals surface area contributed by atoms with E-state index in [1.54, 1.807) is 0 Å². The van der Waals surface area contributed by atoms with Gasteiger partial charge in [-0.1, -0.05) is 0 Å². The first kappa shape index (κ1) is 10.8. The van der Waals surface area contributed by atoms with Crippen molar-refractivity contribution in [2.24, 2.45) is 0 Å². The van der Waals surface area contributed by atoms with Gasteiger partial charge in [-0.15, -0.1) is 0 Å². The van der Waals surface area contributed by atoms with E-state index in [0.717, 1.165) is 17.4 Å². The van der Waals surface area contributed by atoms with Gasteiger partial charge in [-0.25, -0.2) is 0 Å². The zero-order valence-electron chi connectivity index (χ0n) is 9.13. The molecule has 0 atom stereocenters. The van der Waals surface area contributed by atoms with E-state index in [9.17, 15) is 4.79 Å². The summed E-state index contributed by atoms with van der Waals surface area (Å²) >= 11 is 0. The molecule has 0 radical (unpaired) electrons. The standard InChI is InChI=1S/C12H16O2/c1-8(2)14-12-6-10(4)9(3)5-11(12)7-13/h5-8H,1-4H3. The van der Waals surface area contributed by atoms with Gasteiger partial charge >= 0.3 is 0 Å². The first-order valence-electron chi connectivity index (χ1n) is 4.77. The first-order valence-corrected chi connectivity index (χ1v) is 4.77. The molecule has 1 aromatic rings. The number of benzene rings is 1. The molecule has 1 rings (SSSR count). The molecule has 0 spiro atoms. The maximum atomic E-state index is 10.8. The zero-order valence-corrected chi connectivity index (χ0v) is 9.13. The molecule has 2 nitrogen and oxygen atoms in total. The van der Waals surface area contributed by atoms with Crippen LogP contribution >= 0.6 is 0 Å². The number of rotatable bonds is 3. The van der Waals surface area contributed by atoms with E-state index in [0.29, 0.717) is 11.3 Å². The van der Waals surface area contributed by atoms with E-state index in [4.69, 9.17) is 4.74 Å². The fraction of sp³-hybridized carbons (Fsp3) is 0.417. The predicted molar refractivity (Wildman–Crippen MR) is 57.1 cm³/mol. The second kappa shape index (κ2) is 4.27. The van der Waals surface area contributed by atoms with Crippen LogP contribution < -0.4 is 4.74 Å². The Morgan fingerprint density at radius 2 is 1.79 bits per heavy atom. The summed E-state index contributed by atoms with van der Waals surface area (Å²) in [5.74, 6) is 0.679.